The Kier molecular flexibility index (Phi) is 3.82. The molecule has 0 bridgehead atoms. The Balaban J connectivity index is 2.17. The van der Waals surface area contributed by atoms with Crippen LogP contribution in [-0.2, 0) is 9.84 Å². The van der Waals surface area contributed by atoms with E-state index in [4.69, 9.17) is 0 Å². The van der Waals surface area contributed by atoms with Crippen LogP contribution >= 0.6 is 0 Å². The van der Waals surface area contributed by atoms with Crippen molar-refractivity contribution in [3.63, 3.8) is 0 Å². The van der Waals surface area contributed by atoms with Gasteiger partial charge in [-0.1, -0.05) is 6.07 Å². The standard InChI is InChI=1S/C18H16FNO2S/c1-13-5-10-16(23(2,21)22)12-17(13)18-4-3-11-20(18)15-8-6-14(19)7-9-15/h3-12H,1-2H3. The molecule has 3 rings (SSSR count). The third-order valence-corrected chi connectivity index (χ3v) is 4.88. The molecule has 5 heteroatoms. The van der Waals surface area contributed by atoms with Gasteiger partial charge in [-0.3, -0.25) is 0 Å². The highest BCUT2D eigenvalue weighted by atomic mass is 32.2. The van der Waals surface area contributed by atoms with Gasteiger partial charge >= 0.3 is 0 Å². The second kappa shape index (κ2) is 5.66. The zero-order valence-corrected chi connectivity index (χ0v) is 13.6. The molecule has 23 heavy (non-hydrogen) atoms. The summed E-state index contributed by atoms with van der Waals surface area (Å²) in [5.41, 5.74) is 3.48. The van der Waals surface area contributed by atoms with Crippen molar-refractivity contribution in [1.29, 1.82) is 0 Å². The van der Waals surface area contributed by atoms with E-state index in [1.165, 1.54) is 18.4 Å². The lowest BCUT2D eigenvalue weighted by Crippen LogP contribution is -2.00. The Morgan fingerprint density at radius 3 is 2.35 bits per heavy atom. The summed E-state index contributed by atoms with van der Waals surface area (Å²) in [5, 5.41) is 0. The molecule has 1 heterocycles. The zero-order chi connectivity index (χ0) is 16.6. The molecule has 118 valence electrons. The van der Waals surface area contributed by atoms with E-state index in [0.717, 1.165) is 22.5 Å². The maximum Gasteiger partial charge on any atom is 0.175 e. The van der Waals surface area contributed by atoms with Crippen molar-refractivity contribution in [1.82, 2.24) is 4.57 Å². The van der Waals surface area contributed by atoms with Crippen LogP contribution in [0.5, 0.6) is 0 Å². The van der Waals surface area contributed by atoms with Crippen LogP contribution in [0.2, 0.25) is 0 Å². The summed E-state index contributed by atoms with van der Waals surface area (Å²) in [4.78, 5) is 0.282. The SMILES string of the molecule is Cc1ccc(S(C)(=O)=O)cc1-c1cccn1-c1ccc(F)cc1. The fourth-order valence-electron chi connectivity index (χ4n) is 2.53. The van der Waals surface area contributed by atoms with Crippen molar-refractivity contribution < 1.29 is 12.8 Å². The summed E-state index contributed by atoms with van der Waals surface area (Å²) in [6, 6.07) is 15.1. The summed E-state index contributed by atoms with van der Waals surface area (Å²) in [6.45, 7) is 1.93. The maximum absolute atomic E-state index is 13.1. The van der Waals surface area contributed by atoms with Gasteiger partial charge in [0.05, 0.1) is 10.6 Å². The van der Waals surface area contributed by atoms with E-state index in [1.807, 2.05) is 29.8 Å². The van der Waals surface area contributed by atoms with Gasteiger partial charge in [-0.05, 0) is 61.0 Å². The van der Waals surface area contributed by atoms with Gasteiger partial charge in [-0.2, -0.15) is 0 Å². The topological polar surface area (TPSA) is 39.1 Å². The molecule has 0 fully saturated rings. The maximum atomic E-state index is 13.1. The molecule has 0 radical (unpaired) electrons. The van der Waals surface area contributed by atoms with Crippen LogP contribution in [0.4, 0.5) is 4.39 Å². The number of aromatic nitrogens is 1. The molecule has 0 aliphatic heterocycles. The monoisotopic (exact) mass is 329 g/mol. The van der Waals surface area contributed by atoms with E-state index in [1.54, 1.807) is 30.3 Å². The lowest BCUT2D eigenvalue weighted by atomic mass is 10.1. The van der Waals surface area contributed by atoms with Crippen molar-refractivity contribution in [2.45, 2.75) is 11.8 Å². The van der Waals surface area contributed by atoms with Gasteiger partial charge in [-0.15, -0.1) is 0 Å². The van der Waals surface area contributed by atoms with E-state index in [2.05, 4.69) is 0 Å². The number of sulfone groups is 1. The summed E-state index contributed by atoms with van der Waals surface area (Å²) < 4.78 is 38.7. The summed E-state index contributed by atoms with van der Waals surface area (Å²) in [6.07, 6.45) is 3.07. The van der Waals surface area contributed by atoms with E-state index in [0.29, 0.717) is 0 Å². The molecule has 3 nitrogen and oxygen atoms in total. The normalized spacial score (nSPS) is 11.6. The summed E-state index contributed by atoms with van der Waals surface area (Å²) >= 11 is 0. The average molecular weight is 329 g/mol. The number of nitrogens with zero attached hydrogens (tertiary/aromatic N) is 1. The smallest absolute Gasteiger partial charge is 0.175 e. The van der Waals surface area contributed by atoms with Gasteiger partial charge in [0.2, 0.25) is 0 Å². The van der Waals surface area contributed by atoms with Crippen molar-refractivity contribution >= 4 is 9.84 Å². The molecule has 0 spiro atoms. The molecule has 0 atom stereocenters. The summed E-state index contributed by atoms with van der Waals surface area (Å²) in [7, 11) is -3.28. The highest BCUT2D eigenvalue weighted by Crippen LogP contribution is 2.29. The minimum Gasteiger partial charge on any atom is -0.317 e. The molecule has 0 aliphatic rings. The number of hydrogen-bond donors (Lipinski definition) is 0. The number of halogens is 1. The van der Waals surface area contributed by atoms with E-state index in [-0.39, 0.29) is 10.7 Å². The van der Waals surface area contributed by atoms with Gasteiger partial charge in [0, 0.05) is 23.7 Å². The first kappa shape index (κ1) is 15.5. The van der Waals surface area contributed by atoms with Crippen LogP contribution in [0, 0.1) is 12.7 Å². The first-order valence-electron chi connectivity index (χ1n) is 7.10. The second-order valence-corrected chi connectivity index (χ2v) is 7.50. The Hall–Kier alpha value is -2.40. The van der Waals surface area contributed by atoms with Crippen molar-refractivity contribution in [3.8, 4) is 16.9 Å². The van der Waals surface area contributed by atoms with Crippen LogP contribution in [0.3, 0.4) is 0 Å². The number of benzene rings is 2. The summed E-state index contributed by atoms with van der Waals surface area (Å²) in [5.74, 6) is -0.294. The highest BCUT2D eigenvalue weighted by molar-refractivity contribution is 7.90. The average Bonchev–Trinajstić information content (AvgIpc) is 2.96. The van der Waals surface area contributed by atoms with Gasteiger partial charge in [-0.25, -0.2) is 12.8 Å². The molecular formula is C18H16FNO2S. The van der Waals surface area contributed by atoms with E-state index in [9.17, 15) is 12.8 Å². The Labute approximate surface area is 134 Å². The van der Waals surface area contributed by atoms with Crippen LogP contribution < -0.4 is 0 Å². The molecule has 0 saturated carbocycles. The molecule has 2 aromatic carbocycles. The molecule has 0 unspecified atom stereocenters. The molecule has 3 aromatic rings. The number of rotatable bonds is 3. The quantitative estimate of drug-likeness (QED) is 0.729. The molecule has 0 amide bonds. The minimum absolute atomic E-state index is 0.282. The highest BCUT2D eigenvalue weighted by Gasteiger charge is 2.13. The minimum atomic E-state index is -3.28. The molecular weight excluding hydrogens is 313 g/mol. The van der Waals surface area contributed by atoms with Gasteiger partial charge in [0.15, 0.2) is 9.84 Å². The fourth-order valence-corrected chi connectivity index (χ4v) is 3.18. The van der Waals surface area contributed by atoms with Gasteiger partial charge < -0.3 is 4.57 Å². The Morgan fingerprint density at radius 1 is 1.00 bits per heavy atom. The first-order chi connectivity index (χ1) is 10.9. The van der Waals surface area contributed by atoms with Crippen molar-refractivity contribution in [2.24, 2.45) is 0 Å². The fraction of sp³-hybridized carbons (Fsp3) is 0.111. The third-order valence-electron chi connectivity index (χ3n) is 3.77. The lowest BCUT2D eigenvalue weighted by molar-refractivity contribution is 0.602. The third kappa shape index (κ3) is 3.05. The molecule has 0 aliphatic carbocycles. The largest absolute Gasteiger partial charge is 0.317 e. The van der Waals surface area contributed by atoms with Crippen LogP contribution in [-0.4, -0.2) is 19.2 Å². The second-order valence-electron chi connectivity index (χ2n) is 5.49. The van der Waals surface area contributed by atoms with Crippen LogP contribution in [0.1, 0.15) is 5.56 Å². The Morgan fingerprint density at radius 2 is 1.70 bits per heavy atom. The first-order valence-corrected chi connectivity index (χ1v) is 9.00. The van der Waals surface area contributed by atoms with E-state index < -0.39 is 9.84 Å². The van der Waals surface area contributed by atoms with Crippen LogP contribution in [0.25, 0.3) is 16.9 Å². The van der Waals surface area contributed by atoms with Gasteiger partial charge in [0.25, 0.3) is 0 Å². The lowest BCUT2D eigenvalue weighted by Gasteiger charge is -2.13. The predicted octanol–water partition coefficient (Wildman–Crippen LogP) is 4.00. The molecule has 0 saturated heterocycles. The zero-order valence-electron chi connectivity index (χ0n) is 12.8. The van der Waals surface area contributed by atoms with Crippen LogP contribution in [0.15, 0.2) is 65.7 Å². The molecule has 1 aromatic heterocycles. The number of hydrogen-bond acceptors (Lipinski definition) is 2. The van der Waals surface area contributed by atoms with Crippen molar-refractivity contribution in [2.75, 3.05) is 6.26 Å². The van der Waals surface area contributed by atoms with Gasteiger partial charge in [0.1, 0.15) is 5.82 Å². The number of aryl methyl sites for hydroxylation is 1. The Bertz CT molecular complexity index is 957. The predicted molar refractivity (Wildman–Crippen MR) is 89.0 cm³/mol. The molecule has 0 N–H and O–H groups in total. The van der Waals surface area contributed by atoms with E-state index >= 15 is 0 Å². The van der Waals surface area contributed by atoms with Crippen molar-refractivity contribution in [3.05, 3.63) is 72.2 Å².